The van der Waals surface area contributed by atoms with Gasteiger partial charge in [0.25, 0.3) is 5.91 Å². The largest absolute Gasteiger partial charge is 0.492 e. The number of thiophene rings is 1. The highest BCUT2D eigenvalue weighted by Crippen LogP contribution is 2.35. The zero-order valence-electron chi connectivity index (χ0n) is 16.9. The van der Waals surface area contributed by atoms with Gasteiger partial charge in [-0.15, -0.1) is 12.4 Å². The lowest BCUT2D eigenvalue weighted by Gasteiger charge is -2.20. The van der Waals surface area contributed by atoms with Crippen molar-refractivity contribution in [1.82, 2.24) is 9.88 Å². The van der Waals surface area contributed by atoms with Crippen LogP contribution in [0.25, 0.3) is 10.2 Å². The number of anilines is 1. The van der Waals surface area contributed by atoms with Gasteiger partial charge in [-0.1, -0.05) is 28.7 Å². The summed E-state index contributed by atoms with van der Waals surface area (Å²) in [5, 5.41) is 11.5. The number of ether oxygens (including phenoxy) is 1. The van der Waals surface area contributed by atoms with Gasteiger partial charge in [-0.05, 0) is 52.2 Å². The second-order valence-corrected chi connectivity index (χ2v) is 8.61. The Morgan fingerprint density at radius 3 is 2.60 bits per heavy atom. The van der Waals surface area contributed by atoms with Gasteiger partial charge >= 0.3 is 5.00 Å². The lowest BCUT2D eigenvalue weighted by Crippen LogP contribution is -2.32. The number of rotatable bonds is 9. The minimum absolute atomic E-state index is 0. The highest BCUT2D eigenvalue weighted by atomic mass is 35.5. The fraction of sp³-hybridized carbons (Fsp3) is 0.368. The number of benzene rings is 1. The van der Waals surface area contributed by atoms with Gasteiger partial charge in [0.1, 0.15) is 11.3 Å². The molecule has 1 aromatic carbocycles. The maximum absolute atomic E-state index is 13.2. The summed E-state index contributed by atoms with van der Waals surface area (Å²) in [7, 11) is 3.95. The van der Waals surface area contributed by atoms with Crippen molar-refractivity contribution in [2.75, 3.05) is 38.7 Å². The Balaban J connectivity index is 0.00000320. The summed E-state index contributed by atoms with van der Waals surface area (Å²) in [5.41, 5.74) is 0.719. The fourth-order valence-corrected chi connectivity index (χ4v) is 4.58. The number of hydrogen-bond acceptors (Lipinski definition) is 8. The number of nitrogens with zero attached hydrogens (tertiary/aromatic N) is 4. The number of thiazole rings is 1. The highest BCUT2D eigenvalue weighted by molar-refractivity contribution is 7.22. The topological polar surface area (TPSA) is 88.8 Å². The van der Waals surface area contributed by atoms with Crippen LogP contribution in [0, 0.1) is 10.1 Å². The molecule has 30 heavy (non-hydrogen) atoms. The third-order valence-corrected chi connectivity index (χ3v) is 6.18. The zero-order chi connectivity index (χ0) is 21.0. The van der Waals surface area contributed by atoms with E-state index in [1.54, 1.807) is 4.90 Å². The second-order valence-electron chi connectivity index (χ2n) is 6.54. The Labute approximate surface area is 188 Å². The van der Waals surface area contributed by atoms with Gasteiger partial charge in [0.05, 0.1) is 21.1 Å². The molecule has 0 radical (unpaired) electrons. The number of carbonyl (C=O) groups excluding carboxylic acids is 1. The predicted octanol–water partition coefficient (Wildman–Crippen LogP) is 4.69. The van der Waals surface area contributed by atoms with Crippen molar-refractivity contribution >= 4 is 61.3 Å². The Bertz CT molecular complexity index is 1020. The maximum Gasteiger partial charge on any atom is 0.324 e. The number of nitro groups is 1. The molecule has 0 aliphatic rings. The first-order valence-electron chi connectivity index (χ1n) is 9.14. The summed E-state index contributed by atoms with van der Waals surface area (Å²) in [4.78, 5) is 32.4. The van der Waals surface area contributed by atoms with Gasteiger partial charge < -0.3 is 9.64 Å². The molecule has 1 amide bonds. The lowest BCUT2D eigenvalue weighted by atomic mass is 10.3. The number of carbonyl (C=O) groups is 1. The van der Waals surface area contributed by atoms with Gasteiger partial charge in [0.15, 0.2) is 5.13 Å². The Hall–Kier alpha value is -2.27. The summed E-state index contributed by atoms with van der Waals surface area (Å²) in [6.45, 7) is 3.71. The average molecular weight is 471 g/mol. The van der Waals surface area contributed by atoms with Crippen molar-refractivity contribution in [1.29, 1.82) is 0 Å². The summed E-state index contributed by atoms with van der Waals surface area (Å²) < 4.78 is 6.59. The Kier molecular flexibility index (Phi) is 8.54. The van der Waals surface area contributed by atoms with Crippen LogP contribution in [0.2, 0.25) is 0 Å². The minimum Gasteiger partial charge on any atom is -0.492 e. The zero-order valence-corrected chi connectivity index (χ0v) is 19.3. The molecule has 3 aromatic rings. The lowest BCUT2D eigenvalue weighted by molar-refractivity contribution is -0.380. The number of halogens is 1. The standard InChI is InChI=1S/C19H22N4O4S2.ClH/c1-4-27-13-7-5-8-14-17(13)20-19(29-14)22(12-6-11-21(2)3)18(24)15-9-10-16(28-15)23(25)26;/h5,7-10H,4,6,11-12H2,1-3H3;1H. The van der Waals surface area contributed by atoms with E-state index in [4.69, 9.17) is 4.74 Å². The number of hydrogen-bond donors (Lipinski definition) is 0. The predicted molar refractivity (Wildman–Crippen MR) is 124 cm³/mol. The molecule has 0 saturated carbocycles. The molecule has 0 aliphatic carbocycles. The van der Waals surface area contributed by atoms with Crippen LogP contribution in [0.5, 0.6) is 5.75 Å². The number of aromatic nitrogens is 1. The Morgan fingerprint density at radius 1 is 1.20 bits per heavy atom. The molecule has 8 nitrogen and oxygen atoms in total. The molecule has 0 atom stereocenters. The van der Waals surface area contributed by atoms with Crippen LogP contribution < -0.4 is 9.64 Å². The maximum atomic E-state index is 13.2. The molecule has 0 aliphatic heterocycles. The van der Waals surface area contributed by atoms with E-state index in [0.717, 1.165) is 34.5 Å². The molecule has 3 rings (SSSR count). The van der Waals surface area contributed by atoms with E-state index in [1.807, 2.05) is 44.1 Å². The third kappa shape index (κ3) is 5.45. The van der Waals surface area contributed by atoms with Crippen LogP contribution in [-0.4, -0.2) is 54.5 Å². The van der Waals surface area contributed by atoms with Gasteiger partial charge in [-0.3, -0.25) is 19.8 Å². The van der Waals surface area contributed by atoms with Gasteiger partial charge in [0.2, 0.25) is 0 Å². The first kappa shape index (κ1) is 24.0. The number of amides is 1. The summed E-state index contributed by atoms with van der Waals surface area (Å²) in [6.07, 6.45) is 0.750. The van der Waals surface area contributed by atoms with Gasteiger partial charge in [-0.25, -0.2) is 4.98 Å². The normalized spacial score (nSPS) is 10.8. The van der Waals surface area contributed by atoms with Crippen LogP contribution in [0.4, 0.5) is 10.1 Å². The van der Waals surface area contributed by atoms with Crippen molar-refractivity contribution in [2.45, 2.75) is 13.3 Å². The highest BCUT2D eigenvalue weighted by Gasteiger charge is 2.25. The van der Waals surface area contributed by atoms with Crippen molar-refractivity contribution < 1.29 is 14.5 Å². The van der Waals surface area contributed by atoms with E-state index < -0.39 is 4.92 Å². The first-order valence-corrected chi connectivity index (χ1v) is 10.8. The molecule has 2 heterocycles. The smallest absolute Gasteiger partial charge is 0.324 e. The minimum atomic E-state index is -0.482. The molecule has 162 valence electrons. The fourth-order valence-electron chi connectivity index (χ4n) is 2.80. The van der Waals surface area contributed by atoms with Crippen molar-refractivity contribution in [3.05, 3.63) is 45.3 Å². The van der Waals surface area contributed by atoms with E-state index in [-0.39, 0.29) is 23.3 Å². The quantitative estimate of drug-likeness (QED) is 0.333. The van der Waals surface area contributed by atoms with Gasteiger partial charge in [-0.2, -0.15) is 0 Å². The molecular weight excluding hydrogens is 448 g/mol. The molecule has 0 saturated heterocycles. The number of para-hydroxylation sites is 1. The first-order chi connectivity index (χ1) is 13.9. The molecule has 11 heteroatoms. The molecule has 0 spiro atoms. The van der Waals surface area contributed by atoms with Gasteiger partial charge in [0, 0.05) is 12.6 Å². The van der Waals surface area contributed by atoms with E-state index >= 15 is 0 Å². The van der Waals surface area contributed by atoms with Crippen molar-refractivity contribution in [3.63, 3.8) is 0 Å². The molecule has 0 N–H and O–H groups in total. The Morgan fingerprint density at radius 2 is 1.97 bits per heavy atom. The van der Waals surface area contributed by atoms with E-state index in [1.165, 1.54) is 23.5 Å². The SMILES string of the molecule is CCOc1cccc2sc(N(CCCN(C)C)C(=O)c3ccc([N+](=O)[O-])s3)nc12.Cl. The van der Waals surface area contributed by atoms with Crippen LogP contribution in [0.1, 0.15) is 23.0 Å². The second kappa shape index (κ2) is 10.7. The van der Waals surface area contributed by atoms with E-state index in [0.29, 0.717) is 28.9 Å². The van der Waals surface area contributed by atoms with Crippen LogP contribution in [0.3, 0.4) is 0 Å². The summed E-state index contributed by atoms with van der Waals surface area (Å²) in [5.74, 6) is 0.402. The van der Waals surface area contributed by atoms with Crippen LogP contribution in [-0.2, 0) is 0 Å². The molecule has 0 fully saturated rings. The molecule has 2 aromatic heterocycles. The molecule has 0 bridgehead atoms. The summed E-state index contributed by atoms with van der Waals surface area (Å²) in [6, 6.07) is 8.56. The number of fused-ring (bicyclic) bond motifs is 1. The van der Waals surface area contributed by atoms with Crippen LogP contribution >= 0.6 is 35.1 Å². The molecular formula is C19H23ClN4O4S2. The monoisotopic (exact) mass is 470 g/mol. The van der Waals surface area contributed by atoms with Crippen LogP contribution in [0.15, 0.2) is 30.3 Å². The average Bonchev–Trinajstić information content (AvgIpc) is 3.32. The molecule has 0 unspecified atom stereocenters. The van der Waals surface area contributed by atoms with Crippen molar-refractivity contribution in [3.8, 4) is 5.75 Å². The third-order valence-electron chi connectivity index (χ3n) is 4.12. The van der Waals surface area contributed by atoms with E-state index in [9.17, 15) is 14.9 Å². The van der Waals surface area contributed by atoms with E-state index in [2.05, 4.69) is 4.98 Å². The summed E-state index contributed by atoms with van der Waals surface area (Å²) >= 11 is 2.29. The van der Waals surface area contributed by atoms with Crippen molar-refractivity contribution in [2.24, 2.45) is 0 Å².